The second-order valence-corrected chi connectivity index (χ2v) is 5.59. The molecule has 0 aliphatic heterocycles. The van der Waals surface area contributed by atoms with E-state index in [2.05, 4.69) is 0 Å². The molecule has 0 aliphatic carbocycles. The van der Waals surface area contributed by atoms with Gasteiger partial charge in [-0.2, -0.15) is 5.26 Å². The maximum atomic E-state index is 13.8. The van der Waals surface area contributed by atoms with Crippen molar-refractivity contribution in [3.8, 4) is 17.6 Å². The van der Waals surface area contributed by atoms with Crippen molar-refractivity contribution in [1.29, 1.82) is 5.26 Å². The number of ether oxygens (including phenoxy) is 1. The largest absolute Gasteiger partial charge is 0.504 e. The molecule has 1 N–H and O–H groups in total. The van der Waals surface area contributed by atoms with E-state index < -0.39 is 5.82 Å². The predicted molar refractivity (Wildman–Crippen MR) is 91.9 cm³/mol. The van der Waals surface area contributed by atoms with Gasteiger partial charge in [0.25, 0.3) is 0 Å². The zero-order valence-electron chi connectivity index (χ0n) is 11.8. The van der Waals surface area contributed by atoms with Gasteiger partial charge in [0.2, 0.25) is 0 Å². The molecule has 3 nitrogen and oxygen atoms in total. The third-order valence-electron chi connectivity index (χ3n) is 2.95. The third-order valence-corrected chi connectivity index (χ3v) is 3.77. The summed E-state index contributed by atoms with van der Waals surface area (Å²) in [7, 11) is 0. The number of allylic oxidation sites excluding steroid dienone is 1. The average Bonchev–Trinajstić information content (AvgIpc) is 2.51. The van der Waals surface area contributed by atoms with Crippen LogP contribution in [0.25, 0.3) is 11.6 Å². The number of rotatable bonds is 4. The molecule has 2 aromatic carbocycles. The van der Waals surface area contributed by atoms with Crippen LogP contribution in [0.1, 0.15) is 18.1 Å². The van der Waals surface area contributed by atoms with Crippen LogP contribution in [0.15, 0.2) is 36.4 Å². The number of benzene rings is 2. The molecule has 2 rings (SSSR count). The van der Waals surface area contributed by atoms with Gasteiger partial charge in [-0.1, -0.05) is 18.2 Å². The van der Waals surface area contributed by atoms with Crippen LogP contribution in [-0.2, 0) is 0 Å². The molecule has 0 heterocycles. The Morgan fingerprint density at radius 2 is 2.14 bits per heavy atom. The number of nitriles is 1. The molecule has 0 saturated heterocycles. The summed E-state index contributed by atoms with van der Waals surface area (Å²) in [5.74, 6) is -0.0516. The number of phenolic OH excluding ortho intramolecular Hbond substituents is 1. The van der Waals surface area contributed by atoms with E-state index in [-0.39, 0.29) is 16.9 Å². The van der Waals surface area contributed by atoms with E-state index in [0.29, 0.717) is 21.5 Å². The highest BCUT2D eigenvalue weighted by molar-refractivity contribution is 14.1. The van der Waals surface area contributed by atoms with E-state index in [0.717, 1.165) is 0 Å². The molecular formula is C17H13FINO2. The molecule has 112 valence electrons. The second kappa shape index (κ2) is 7.27. The van der Waals surface area contributed by atoms with Gasteiger partial charge in [0, 0.05) is 5.56 Å². The first-order valence-corrected chi connectivity index (χ1v) is 7.66. The van der Waals surface area contributed by atoms with Crippen molar-refractivity contribution in [3.05, 3.63) is 56.9 Å². The van der Waals surface area contributed by atoms with Gasteiger partial charge in [0.15, 0.2) is 11.5 Å². The predicted octanol–water partition coefficient (Wildman–Crippen LogP) is 4.60. The third kappa shape index (κ3) is 3.57. The summed E-state index contributed by atoms with van der Waals surface area (Å²) < 4.78 is 19.8. The fraction of sp³-hybridized carbons (Fsp3) is 0.118. The minimum absolute atomic E-state index is 0.0593. The van der Waals surface area contributed by atoms with Gasteiger partial charge in [-0.15, -0.1) is 0 Å². The van der Waals surface area contributed by atoms with Gasteiger partial charge in [-0.05, 0) is 59.4 Å². The average molecular weight is 409 g/mol. The number of hydrogen-bond acceptors (Lipinski definition) is 3. The number of phenols is 1. The summed E-state index contributed by atoms with van der Waals surface area (Å²) in [5, 5.41) is 19.2. The summed E-state index contributed by atoms with van der Waals surface area (Å²) >= 11 is 1.98. The highest BCUT2D eigenvalue weighted by atomic mass is 127. The molecule has 5 heteroatoms. The van der Waals surface area contributed by atoms with Crippen molar-refractivity contribution in [2.45, 2.75) is 6.92 Å². The van der Waals surface area contributed by atoms with Crippen molar-refractivity contribution >= 4 is 34.2 Å². The molecule has 0 spiro atoms. The summed E-state index contributed by atoms with van der Waals surface area (Å²) in [4.78, 5) is 0. The Balaban J connectivity index is 2.51. The molecule has 0 fully saturated rings. The summed E-state index contributed by atoms with van der Waals surface area (Å²) in [6.45, 7) is 2.23. The zero-order chi connectivity index (χ0) is 16.1. The standard InChI is InChI=1S/C17H13FINO2/c1-2-22-16-9-11(8-15(19)17(16)21)7-12(10-20)13-5-3-4-6-14(13)18/h3-9,21H,2H2,1H3. The van der Waals surface area contributed by atoms with Gasteiger partial charge < -0.3 is 9.84 Å². The SMILES string of the molecule is CCOc1cc(C=C(C#N)c2ccccc2F)cc(I)c1O. The van der Waals surface area contributed by atoms with Crippen LogP contribution in [-0.4, -0.2) is 11.7 Å². The number of nitrogens with zero attached hydrogens (tertiary/aromatic N) is 1. The minimum atomic E-state index is -0.450. The van der Waals surface area contributed by atoms with Gasteiger partial charge in [0.1, 0.15) is 5.82 Å². The Hall–Kier alpha value is -2.07. The molecule has 2 aromatic rings. The van der Waals surface area contributed by atoms with E-state index in [1.807, 2.05) is 35.6 Å². The van der Waals surface area contributed by atoms with Crippen LogP contribution in [0.3, 0.4) is 0 Å². The molecule has 0 atom stereocenters. The van der Waals surface area contributed by atoms with Crippen LogP contribution in [0.5, 0.6) is 11.5 Å². The maximum absolute atomic E-state index is 13.8. The van der Waals surface area contributed by atoms with Crippen molar-refractivity contribution in [2.75, 3.05) is 6.61 Å². The lowest BCUT2D eigenvalue weighted by Gasteiger charge is -2.09. The van der Waals surface area contributed by atoms with Crippen molar-refractivity contribution < 1.29 is 14.2 Å². The Morgan fingerprint density at radius 1 is 1.41 bits per heavy atom. The monoisotopic (exact) mass is 409 g/mol. The Bertz CT molecular complexity index is 766. The summed E-state index contributed by atoms with van der Waals surface area (Å²) in [5.41, 5.74) is 1.11. The smallest absolute Gasteiger partial charge is 0.171 e. The van der Waals surface area contributed by atoms with Crippen LogP contribution < -0.4 is 4.74 Å². The van der Waals surface area contributed by atoms with Crippen LogP contribution >= 0.6 is 22.6 Å². The summed E-state index contributed by atoms with van der Waals surface area (Å²) in [6.07, 6.45) is 1.57. The normalized spacial score (nSPS) is 11.1. The van der Waals surface area contributed by atoms with E-state index >= 15 is 0 Å². The molecule has 0 saturated carbocycles. The van der Waals surface area contributed by atoms with Gasteiger partial charge in [0.05, 0.1) is 21.8 Å². The lowest BCUT2D eigenvalue weighted by atomic mass is 10.0. The molecule has 22 heavy (non-hydrogen) atoms. The topological polar surface area (TPSA) is 53.2 Å². The molecule has 0 radical (unpaired) electrons. The summed E-state index contributed by atoms with van der Waals surface area (Å²) in [6, 6.07) is 11.5. The first-order valence-electron chi connectivity index (χ1n) is 6.58. The zero-order valence-corrected chi connectivity index (χ0v) is 14.0. The Morgan fingerprint density at radius 3 is 2.77 bits per heavy atom. The fourth-order valence-electron chi connectivity index (χ4n) is 1.96. The number of aromatic hydroxyl groups is 1. The van der Waals surface area contributed by atoms with E-state index in [1.165, 1.54) is 6.07 Å². The van der Waals surface area contributed by atoms with E-state index in [1.54, 1.807) is 36.4 Å². The van der Waals surface area contributed by atoms with Gasteiger partial charge >= 0.3 is 0 Å². The van der Waals surface area contributed by atoms with Crippen molar-refractivity contribution in [2.24, 2.45) is 0 Å². The molecule has 0 amide bonds. The minimum Gasteiger partial charge on any atom is -0.504 e. The fourth-order valence-corrected chi connectivity index (χ4v) is 2.58. The van der Waals surface area contributed by atoms with Crippen LogP contribution in [0, 0.1) is 20.7 Å². The maximum Gasteiger partial charge on any atom is 0.171 e. The molecular weight excluding hydrogens is 396 g/mol. The van der Waals surface area contributed by atoms with E-state index in [4.69, 9.17) is 4.74 Å². The van der Waals surface area contributed by atoms with Gasteiger partial charge in [-0.3, -0.25) is 0 Å². The molecule has 0 aliphatic rings. The van der Waals surface area contributed by atoms with Crippen LogP contribution in [0.2, 0.25) is 0 Å². The number of halogens is 2. The quantitative estimate of drug-likeness (QED) is 0.456. The molecule has 0 bridgehead atoms. The van der Waals surface area contributed by atoms with Crippen LogP contribution in [0.4, 0.5) is 4.39 Å². The molecule has 0 unspecified atom stereocenters. The number of hydrogen-bond donors (Lipinski definition) is 1. The lowest BCUT2D eigenvalue weighted by molar-refractivity contribution is 0.317. The van der Waals surface area contributed by atoms with Crippen molar-refractivity contribution in [3.63, 3.8) is 0 Å². The van der Waals surface area contributed by atoms with Crippen molar-refractivity contribution in [1.82, 2.24) is 0 Å². The highest BCUT2D eigenvalue weighted by Gasteiger charge is 2.11. The van der Waals surface area contributed by atoms with E-state index in [9.17, 15) is 14.8 Å². The highest BCUT2D eigenvalue weighted by Crippen LogP contribution is 2.34. The first-order chi connectivity index (χ1) is 10.6. The molecule has 0 aromatic heterocycles. The van der Waals surface area contributed by atoms with Gasteiger partial charge in [-0.25, -0.2) is 4.39 Å². The second-order valence-electron chi connectivity index (χ2n) is 4.43. The Kier molecular flexibility index (Phi) is 5.39. The Labute approximate surface area is 141 Å². The lowest BCUT2D eigenvalue weighted by Crippen LogP contribution is -1.94. The first kappa shape index (κ1) is 16.3.